The third kappa shape index (κ3) is 4.78. The third-order valence-electron chi connectivity index (χ3n) is 2.78. The average molecular weight is 291 g/mol. The van der Waals surface area contributed by atoms with Crippen LogP contribution in [0.1, 0.15) is 32.6 Å². The molecule has 0 saturated heterocycles. The van der Waals surface area contributed by atoms with Gasteiger partial charge in [-0.2, -0.15) is 8.78 Å². The minimum absolute atomic E-state index is 0.348. The molecule has 0 fully saturated rings. The summed E-state index contributed by atoms with van der Waals surface area (Å²) in [6.45, 7) is 2.93. The van der Waals surface area contributed by atoms with Crippen molar-refractivity contribution >= 4 is 15.5 Å². The molecule has 0 aromatic heterocycles. The maximum atomic E-state index is 12.3. The molecule has 1 aromatic rings. The normalized spacial score (nSPS) is 11.8. The highest BCUT2D eigenvalue weighted by Gasteiger charge is 2.26. The molecule has 0 spiro atoms. The molecule has 3 nitrogen and oxygen atoms in total. The monoisotopic (exact) mass is 291 g/mol. The molecule has 0 saturated carbocycles. The first-order valence-electron chi connectivity index (χ1n) is 6.34. The number of alkyl halides is 2. The number of halogens is 2. The number of hydrogen-bond acceptors (Lipinski definition) is 3. The first kappa shape index (κ1) is 15.9. The van der Waals surface area contributed by atoms with E-state index in [4.69, 9.17) is 0 Å². The van der Waals surface area contributed by atoms with Gasteiger partial charge in [0.25, 0.3) is 0 Å². The maximum Gasteiger partial charge on any atom is 0.341 e. The van der Waals surface area contributed by atoms with Gasteiger partial charge < -0.3 is 5.32 Å². The Morgan fingerprint density at radius 2 is 1.74 bits per heavy atom. The van der Waals surface area contributed by atoms with Crippen molar-refractivity contribution in [1.82, 2.24) is 0 Å². The molecule has 0 atom stereocenters. The lowest BCUT2D eigenvalue weighted by molar-refractivity contribution is 0.234. The van der Waals surface area contributed by atoms with Crippen LogP contribution in [-0.4, -0.2) is 20.7 Å². The van der Waals surface area contributed by atoms with Crippen molar-refractivity contribution in [3.63, 3.8) is 0 Å². The van der Waals surface area contributed by atoms with Gasteiger partial charge in [0.2, 0.25) is 9.84 Å². The Hall–Kier alpha value is -1.17. The van der Waals surface area contributed by atoms with Crippen LogP contribution in [0.15, 0.2) is 29.2 Å². The van der Waals surface area contributed by atoms with E-state index in [1.807, 2.05) is 0 Å². The number of rotatable bonds is 8. The van der Waals surface area contributed by atoms with Crippen molar-refractivity contribution < 1.29 is 17.2 Å². The van der Waals surface area contributed by atoms with Crippen LogP contribution in [0.5, 0.6) is 0 Å². The van der Waals surface area contributed by atoms with Crippen molar-refractivity contribution in [3.8, 4) is 0 Å². The number of benzene rings is 1. The Kier molecular flexibility index (Phi) is 6.21. The summed E-state index contributed by atoms with van der Waals surface area (Å²) in [6.07, 6.45) is 4.53. The zero-order valence-electron chi connectivity index (χ0n) is 10.9. The highest BCUT2D eigenvalue weighted by Crippen LogP contribution is 2.20. The lowest BCUT2D eigenvalue weighted by atomic mass is 10.2. The minimum atomic E-state index is -4.49. The molecule has 19 heavy (non-hydrogen) atoms. The van der Waals surface area contributed by atoms with Gasteiger partial charge in [-0.25, -0.2) is 8.42 Å². The van der Waals surface area contributed by atoms with Crippen molar-refractivity contribution in [2.45, 2.75) is 43.3 Å². The Bertz CT molecular complexity index is 472. The molecule has 0 bridgehead atoms. The topological polar surface area (TPSA) is 46.2 Å². The molecule has 0 aliphatic rings. The molecular formula is C13H19F2NO2S. The number of anilines is 1. The van der Waals surface area contributed by atoms with Gasteiger partial charge in [-0.05, 0) is 30.7 Å². The van der Waals surface area contributed by atoms with Gasteiger partial charge in [0.1, 0.15) is 0 Å². The zero-order chi connectivity index (χ0) is 14.3. The van der Waals surface area contributed by atoms with Crippen LogP contribution in [0.4, 0.5) is 14.5 Å². The number of unbranched alkanes of at least 4 members (excludes halogenated alkanes) is 3. The van der Waals surface area contributed by atoms with Crippen LogP contribution < -0.4 is 5.32 Å². The summed E-state index contributed by atoms with van der Waals surface area (Å²) in [5.74, 6) is -3.37. The average Bonchev–Trinajstić information content (AvgIpc) is 2.39. The van der Waals surface area contributed by atoms with Crippen molar-refractivity contribution in [2.24, 2.45) is 0 Å². The molecule has 108 valence electrons. The molecule has 0 amide bonds. The van der Waals surface area contributed by atoms with Gasteiger partial charge in [0.15, 0.2) is 0 Å². The fourth-order valence-corrected chi connectivity index (χ4v) is 2.37. The molecule has 6 heteroatoms. The molecule has 0 unspecified atom stereocenters. The van der Waals surface area contributed by atoms with Crippen LogP contribution >= 0.6 is 0 Å². The summed E-state index contributed by atoms with van der Waals surface area (Å²) < 4.78 is 47.0. The van der Waals surface area contributed by atoms with Gasteiger partial charge in [-0.15, -0.1) is 0 Å². The van der Waals surface area contributed by atoms with E-state index in [0.29, 0.717) is 0 Å². The van der Waals surface area contributed by atoms with Crippen LogP contribution in [0.25, 0.3) is 0 Å². The van der Waals surface area contributed by atoms with Gasteiger partial charge in [0.05, 0.1) is 4.90 Å². The van der Waals surface area contributed by atoms with Crippen molar-refractivity contribution in [3.05, 3.63) is 24.3 Å². The fourth-order valence-electron chi connectivity index (χ4n) is 1.65. The van der Waals surface area contributed by atoms with E-state index in [1.54, 1.807) is 0 Å². The summed E-state index contributed by atoms with van der Waals surface area (Å²) in [6, 6.07) is 5.43. The zero-order valence-corrected chi connectivity index (χ0v) is 11.7. The van der Waals surface area contributed by atoms with Crippen molar-refractivity contribution in [2.75, 3.05) is 11.9 Å². The van der Waals surface area contributed by atoms with E-state index < -0.39 is 15.6 Å². The molecule has 0 radical (unpaired) electrons. The Balaban J connectivity index is 2.53. The summed E-state index contributed by atoms with van der Waals surface area (Å²) in [4.78, 5) is -0.348. The van der Waals surface area contributed by atoms with E-state index >= 15 is 0 Å². The summed E-state index contributed by atoms with van der Waals surface area (Å²) in [5, 5.41) is 3.13. The second kappa shape index (κ2) is 7.43. The molecule has 0 aliphatic carbocycles. The quantitative estimate of drug-likeness (QED) is 0.743. The van der Waals surface area contributed by atoms with Gasteiger partial charge in [0, 0.05) is 12.2 Å². The predicted molar refractivity (Wildman–Crippen MR) is 72.3 cm³/mol. The second-order valence-corrected chi connectivity index (χ2v) is 6.24. The smallest absolute Gasteiger partial charge is 0.341 e. The number of nitrogens with one attached hydrogen (secondary N) is 1. The van der Waals surface area contributed by atoms with Crippen LogP contribution in [0, 0.1) is 0 Å². The van der Waals surface area contributed by atoms with E-state index in [-0.39, 0.29) is 4.90 Å². The molecule has 0 aliphatic heterocycles. The summed E-state index contributed by atoms with van der Waals surface area (Å²) in [7, 11) is -4.49. The summed E-state index contributed by atoms with van der Waals surface area (Å²) in [5.41, 5.74) is 0.740. The van der Waals surface area contributed by atoms with Gasteiger partial charge in [-0.1, -0.05) is 26.2 Å². The second-order valence-electron chi connectivity index (χ2n) is 4.32. The molecule has 0 heterocycles. The van der Waals surface area contributed by atoms with Crippen molar-refractivity contribution in [1.29, 1.82) is 0 Å². The van der Waals surface area contributed by atoms with E-state index in [1.165, 1.54) is 37.1 Å². The Labute approximate surface area is 112 Å². The van der Waals surface area contributed by atoms with Gasteiger partial charge >= 0.3 is 5.76 Å². The molecule has 1 rings (SSSR count). The molecular weight excluding hydrogens is 272 g/mol. The third-order valence-corrected chi connectivity index (χ3v) is 4.18. The highest BCUT2D eigenvalue weighted by atomic mass is 32.2. The maximum absolute atomic E-state index is 12.3. The Morgan fingerprint density at radius 1 is 1.11 bits per heavy atom. The number of sulfone groups is 1. The predicted octanol–water partition coefficient (Wildman–Crippen LogP) is 3.68. The van der Waals surface area contributed by atoms with Crippen LogP contribution in [0.3, 0.4) is 0 Å². The Morgan fingerprint density at radius 3 is 2.26 bits per heavy atom. The van der Waals surface area contributed by atoms with E-state index in [2.05, 4.69) is 12.2 Å². The van der Waals surface area contributed by atoms with E-state index in [0.717, 1.165) is 25.1 Å². The van der Waals surface area contributed by atoms with Gasteiger partial charge in [-0.3, -0.25) is 0 Å². The largest absolute Gasteiger partial charge is 0.385 e. The SMILES string of the molecule is CCCCCCNc1ccc(S(=O)(=O)C(F)F)cc1. The lowest BCUT2D eigenvalue weighted by Crippen LogP contribution is -2.11. The standard InChI is InChI=1S/C13H19F2NO2S/c1-2-3-4-5-10-16-11-6-8-12(9-7-11)19(17,18)13(14)15/h6-9,13,16H,2-5,10H2,1H3. The first-order valence-corrected chi connectivity index (χ1v) is 7.89. The van der Waals surface area contributed by atoms with Crippen LogP contribution in [-0.2, 0) is 9.84 Å². The van der Waals surface area contributed by atoms with Crippen LogP contribution in [0.2, 0.25) is 0 Å². The summed E-state index contributed by atoms with van der Waals surface area (Å²) >= 11 is 0. The fraction of sp³-hybridized carbons (Fsp3) is 0.538. The molecule has 1 N–H and O–H groups in total. The molecule has 1 aromatic carbocycles. The number of hydrogen-bond donors (Lipinski definition) is 1. The highest BCUT2D eigenvalue weighted by molar-refractivity contribution is 7.91. The first-order chi connectivity index (χ1) is 8.98. The lowest BCUT2D eigenvalue weighted by Gasteiger charge is -2.07. The minimum Gasteiger partial charge on any atom is -0.385 e. The van der Waals surface area contributed by atoms with E-state index in [9.17, 15) is 17.2 Å².